The van der Waals surface area contributed by atoms with E-state index < -0.39 is 0 Å². The number of pyridine rings is 1. The number of rotatable bonds is 3. The number of hydrogen-bond donors (Lipinski definition) is 0. The highest BCUT2D eigenvalue weighted by Gasteiger charge is 2.01. The Hall–Kier alpha value is -1.54. The number of aromatic nitrogens is 1. The Morgan fingerprint density at radius 3 is 2.62 bits per heavy atom. The zero-order valence-electron chi connectivity index (χ0n) is 9.10. The highest BCUT2D eigenvalue weighted by molar-refractivity contribution is 6.29. The fraction of sp³-hybridized carbons (Fsp3) is 0.154. The Morgan fingerprint density at radius 2 is 1.94 bits per heavy atom. The summed E-state index contributed by atoms with van der Waals surface area (Å²) in [6.07, 6.45) is 1.73. The van der Waals surface area contributed by atoms with E-state index in [1.54, 1.807) is 6.20 Å². The normalized spacial score (nSPS) is 10.1. The maximum absolute atomic E-state index is 5.84. The molecule has 0 amide bonds. The summed E-state index contributed by atoms with van der Waals surface area (Å²) >= 11 is 5.84. The van der Waals surface area contributed by atoms with Crippen LogP contribution in [0.15, 0.2) is 48.7 Å². The van der Waals surface area contributed by atoms with Gasteiger partial charge in [-0.05, 0) is 29.8 Å². The van der Waals surface area contributed by atoms with Crippen LogP contribution in [-0.4, -0.2) is 12.0 Å². The third kappa shape index (κ3) is 2.74. The average molecular weight is 233 g/mol. The molecule has 1 heterocycles. The first-order valence-corrected chi connectivity index (χ1v) is 5.50. The molecular weight excluding hydrogens is 220 g/mol. The monoisotopic (exact) mass is 232 g/mol. The highest BCUT2D eigenvalue weighted by Crippen LogP contribution is 2.15. The molecule has 1 aromatic carbocycles. The predicted molar refractivity (Wildman–Crippen MR) is 67.8 cm³/mol. The van der Waals surface area contributed by atoms with Gasteiger partial charge in [0.25, 0.3) is 0 Å². The lowest BCUT2D eigenvalue weighted by atomic mass is 10.2. The zero-order valence-corrected chi connectivity index (χ0v) is 9.85. The summed E-state index contributed by atoms with van der Waals surface area (Å²) in [5.41, 5.74) is 2.35. The number of hydrogen-bond acceptors (Lipinski definition) is 2. The van der Waals surface area contributed by atoms with E-state index in [0.717, 1.165) is 12.1 Å². The second-order valence-electron chi connectivity index (χ2n) is 3.68. The van der Waals surface area contributed by atoms with Crippen LogP contribution in [0.25, 0.3) is 0 Å². The summed E-state index contributed by atoms with van der Waals surface area (Å²) in [6, 6.07) is 14.1. The lowest BCUT2D eigenvalue weighted by Gasteiger charge is -2.19. The summed E-state index contributed by atoms with van der Waals surface area (Å²) in [5.74, 6) is 0. The quantitative estimate of drug-likeness (QED) is 0.755. The third-order valence-corrected chi connectivity index (χ3v) is 2.61. The number of para-hydroxylation sites is 1. The van der Waals surface area contributed by atoms with Crippen molar-refractivity contribution < 1.29 is 0 Å². The van der Waals surface area contributed by atoms with Gasteiger partial charge in [0.1, 0.15) is 5.15 Å². The van der Waals surface area contributed by atoms with Crippen LogP contribution in [0.2, 0.25) is 5.15 Å². The summed E-state index contributed by atoms with van der Waals surface area (Å²) in [5, 5.41) is 0.541. The van der Waals surface area contributed by atoms with Gasteiger partial charge in [-0.2, -0.15) is 0 Å². The Morgan fingerprint density at radius 1 is 1.19 bits per heavy atom. The van der Waals surface area contributed by atoms with E-state index in [9.17, 15) is 0 Å². The third-order valence-electron chi connectivity index (χ3n) is 2.41. The molecule has 1 aromatic heterocycles. The fourth-order valence-corrected chi connectivity index (χ4v) is 1.79. The lowest BCUT2D eigenvalue weighted by Crippen LogP contribution is -2.16. The van der Waals surface area contributed by atoms with Crippen molar-refractivity contribution >= 4 is 17.3 Å². The lowest BCUT2D eigenvalue weighted by molar-refractivity contribution is 0.920. The molecule has 0 aliphatic carbocycles. The molecule has 0 saturated carbocycles. The Kier molecular flexibility index (Phi) is 3.42. The minimum absolute atomic E-state index is 0.541. The minimum Gasteiger partial charge on any atom is -0.370 e. The van der Waals surface area contributed by atoms with Crippen molar-refractivity contribution in [1.82, 2.24) is 4.98 Å². The molecule has 0 radical (unpaired) electrons. The molecular formula is C13H13ClN2. The summed E-state index contributed by atoms with van der Waals surface area (Å²) in [6.45, 7) is 0.826. The van der Waals surface area contributed by atoms with E-state index >= 15 is 0 Å². The van der Waals surface area contributed by atoms with Crippen LogP contribution in [0.5, 0.6) is 0 Å². The molecule has 0 saturated heterocycles. The van der Waals surface area contributed by atoms with E-state index in [1.807, 2.05) is 30.3 Å². The van der Waals surface area contributed by atoms with Crippen molar-refractivity contribution in [2.45, 2.75) is 6.54 Å². The van der Waals surface area contributed by atoms with E-state index in [0.29, 0.717) is 5.15 Å². The molecule has 0 aliphatic heterocycles. The van der Waals surface area contributed by atoms with Crippen molar-refractivity contribution in [2.24, 2.45) is 0 Å². The SMILES string of the molecule is CN(Cc1ccnc(Cl)c1)c1ccccc1. The first kappa shape index (κ1) is 11.0. The molecule has 0 fully saturated rings. The van der Waals surface area contributed by atoms with Crippen molar-refractivity contribution in [3.63, 3.8) is 0 Å². The predicted octanol–water partition coefficient (Wildman–Crippen LogP) is 3.37. The maximum Gasteiger partial charge on any atom is 0.129 e. The topological polar surface area (TPSA) is 16.1 Å². The Balaban J connectivity index is 2.11. The largest absolute Gasteiger partial charge is 0.370 e. The molecule has 82 valence electrons. The fourth-order valence-electron chi connectivity index (χ4n) is 1.59. The maximum atomic E-state index is 5.84. The molecule has 2 nitrogen and oxygen atoms in total. The Bertz CT molecular complexity index is 456. The zero-order chi connectivity index (χ0) is 11.4. The first-order chi connectivity index (χ1) is 7.75. The van der Waals surface area contributed by atoms with Gasteiger partial charge in [-0.1, -0.05) is 29.8 Å². The van der Waals surface area contributed by atoms with E-state index in [-0.39, 0.29) is 0 Å². The smallest absolute Gasteiger partial charge is 0.129 e. The van der Waals surface area contributed by atoms with Gasteiger partial charge in [-0.3, -0.25) is 0 Å². The van der Waals surface area contributed by atoms with Crippen LogP contribution in [-0.2, 0) is 6.54 Å². The molecule has 3 heteroatoms. The van der Waals surface area contributed by atoms with Crippen molar-refractivity contribution in [1.29, 1.82) is 0 Å². The molecule has 0 atom stereocenters. The van der Waals surface area contributed by atoms with Crippen molar-refractivity contribution in [2.75, 3.05) is 11.9 Å². The second kappa shape index (κ2) is 4.99. The summed E-state index contributed by atoms with van der Waals surface area (Å²) in [7, 11) is 2.06. The average Bonchev–Trinajstić information content (AvgIpc) is 2.30. The molecule has 0 unspecified atom stereocenters. The van der Waals surface area contributed by atoms with Gasteiger partial charge in [0.05, 0.1) is 0 Å². The highest BCUT2D eigenvalue weighted by atomic mass is 35.5. The minimum atomic E-state index is 0.541. The van der Waals surface area contributed by atoms with Gasteiger partial charge in [0.2, 0.25) is 0 Å². The number of halogens is 1. The van der Waals surface area contributed by atoms with E-state index in [2.05, 4.69) is 29.1 Å². The molecule has 2 rings (SSSR count). The van der Waals surface area contributed by atoms with Gasteiger partial charge >= 0.3 is 0 Å². The van der Waals surface area contributed by atoms with Gasteiger partial charge in [0, 0.05) is 25.5 Å². The van der Waals surface area contributed by atoms with E-state index in [4.69, 9.17) is 11.6 Å². The summed E-state index contributed by atoms with van der Waals surface area (Å²) < 4.78 is 0. The van der Waals surface area contributed by atoms with Gasteiger partial charge in [-0.15, -0.1) is 0 Å². The summed E-state index contributed by atoms with van der Waals surface area (Å²) in [4.78, 5) is 6.14. The van der Waals surface area contributed by atoms with Gasteiger partial charge < -0.3 is 4.90 Å². The number of anilines is 1. The van der Waals surface area contributed by atoms with Crippen molar-refractivity contribution in [3.05, 3.63) is 59.4 Å². The Labute approximate surface area is 101 Å². The molecule has 16 heavy (non-hydrogen) atoms. The standard InChI is InChI=1S/C13H13ClN2/c1-16(12-5-3-2-4-6-12)10-11-7-8-15-13(14)9-11/h2-9H,10H2,1H3. The molecule has 2 aromatic rings. The van der Waals surface area contributed by atoms with Gasteiger partial charge in [-0.25, -0.2) is 4.98 Å². The van der Waals surface area contributed by atoms with Crippen LogP contribution in [0.4, 0.5) is 5.69 Å². The number of nitrogens with zero attached hydrogens (tertiary/aromatic N) is 2. The van der Waals surface area contributed by atoms with E-state index in [1.165, 1.54) is 5.69 Å². The number of benzene rings is 1. The molecule has 0 bridgehead atoms. The van der Waals surface area contributed by atoms with Crippen molar-refractivity contribution in [3.8, 4) is 0 Å². The molecule has 0 spiro atoms. The van der Waals surface area contributed by atoms with Crippen LogP contribution in [0, 0.1) is 0 Å². The first-order valence-electron chi connectivity index (χ1n) is 5.12. The molecule has 0 N–H and O–H groups in total. The van der Waals surface area contributed by atoms with Crippen LogP contribution in [0.1, 0.15) is 5.56 Å². The van der Waals surface area contributed by atoms with Crippen LogP contribution < -0.4 is 4.90 Å². The van der Waals surface area contributed by atoms with Gasteiger partial charge in [0.15, 0.2) is 0 Å². The second-order valence-corrected chi connectivity index (χ2v) is 4.07. The van der Waals surface area contributed by atoms with Crippen LogP contribution >= 0.6 is 11.6 Å². The molecule has 0 aliphatic rings. The van der Waals surface area contributed by atoms with Crippen LogP contribution in [0.3, 0.4) is 0 Å².